The van der Waals surface area contributed by atoms with Gasteiger partial charge in [0.25, 0.3) is 6.01 Å². The maximum absolute atomic E-state index is 11.4. The van der Waals surface area contributed by atoms with Crippen molar-refractivity contribution in [2.75, 3.05) is 5.73 Å². The molecule has 1 aromatic heterocycles. The molecular formula is C14H16N2O2. The molecule has 1 aromatic carbocycles. The molecule has 0 aliphatic carbocycles. The summed E-state index contributed by atoms with van der Waals surface area (Å²) in [5.74, 6) is 0.750. The highest BCUT2D eigenvalue weighted by Crippen LogP contribution is 2.27. The Bertz CT molecular complexity index is 568. The van der Waals surface area contributed by atoms with Crippen molar-refractivity contribution < 1.29 is 9.21 Å². The summed E-state index contributed by atoms with van der Waals surface area (Å²) in [7, 11) is 0. The van der Waals surface area contributed by atoms with E-state index in [9.17, 15) is 4.79 Å². The van der Waals surface area contributed by atoms with Crippen LogP contribution in [0.1, 0.15) is 42.7 Å². The van der Waals surface area contributed by atoms with Crippen LogP contribution in [-0.4, -0.2) is 10.8 Å². The van der Waals surface area contributed by atoms with E-state index >= 15 is 0 Å². The van der Waals surface area contributed by atoms with E-state index in [1.54, 1.807) is 0 Å². The molecule has 0 atom stereocenters. The van der Waals surface area contributed by atoms with Crippen molar-refractivity contribution in [2.24, 2.45) is 0 Å². The van der Waals surface area contributed by atoms with Crippen LogP contribution in [-0.2, 0) is 0 Å². The summed E-state index contributed by atoms with van der Waals surface area (Å²) in [6.45, 7) is 5.70. The number of carbonyl (C=O) groups excluding carboxylic acids is 1. The summed E-state index contributed by atoms with van der Waals surface area (Å²) in [5.41, 5.74) is 7.83. The van der Waals surface area contributed by atoms with Crippen molar-refractivity contribution in [1.29, 1.82) is 0 Å². The minimum Gasteiger partial charge on any atom is -0.423 e. The molecule has 18 heavy (non-hydrogen) atoms. The topological polar surface area (TPSA) is 69.1 Å². The molecular weight excluding hydrogens is 228 g/mol. The molecule has 0 unspecified atom stereocenters. The second kappa shape index (κ2) is 4.64. The van der Waals surface area contributed by atoms with Crippen molar-refractivity contribution in [1.82, 2.24) is 4.98 Å². The molecule has 4 nitrogen and oxygen atoms in total. The SMILES string of the molecule is CC(=O)c1nc(N)oc1-c1ccc(C(C)C)cc1. The summed E-state index contributed by atoms with van der Waals surface area (Å²) in [6, 6.07) is 7.89. The Kier molecular flexibility index (Phi) is 3.19. The van der Waals surface area contributed by atoms with Crippen LogP contribution in [0.3, 0.4) is 0 Å². The zero-order valence-corrected chi connectivity index (χ0v) is 10.7. The molecule has 0 aliphatic rings. The molecule has 2 rings (SSSR count). The number of hydrogen-bond donors (Lipinski definition) is 1. The van der Waals surface area contributed by atoms with Gasteiger partial charge in [-0.2, -0.15) is 4.98 Å². The fourth-order valence-corrected chi connectivity index (χ4v) is 1.79. The molecule has 2 aromatic rings. The molecule has 0 spiro atoms. The van der Waals surface area contributed by atoms with Gasteiger partial charge in [-0.3, -0.25) is 4.79 Å². The molecule has 0 aliphatic heterocycles. The zero-order chi connectivity index (χ0) is 13.3. The number of aromatic nitrogens is 1. The van der Waals surface area contributed by atoms with Crippen molar-refractivity contribution in [2.45, 2.75) is 26.7 Å². The number of ketones is 1. The first-order valence-corrected chi connectivity index (χ1v) is 5.86. The molecule has 0 saturated carbocycles. The first kappa shape index (κ1) is 12.4. The second-order valence-corrected chi connectivity index (χ2v) is 4.56. The molecule has 2 N–H and O–H groups in total. The minimum absolute atomic E-state index is 0.0168. The lowest BCUT2D eigenvalue weighted by Gasteiger charge is -2.05. The zero-order valence-electron chi connectivity index (χ0n) is 10.7. The fraction of sp³-hybridized carbons (Fsp3) is 0.286. The molecule has 0 amide bonds. The van der Waals surface area contributed by atoms with E-state index in [2.05, 4.69) is 18.8 Å². The van der Waals surface area contributed by atoms with Crippen LogP contribution in [0, 0.1) is 0 Å². The summed E-state index contributed by atoms with van der Waals surface area (Å²) >= 11 is 0. The van der Waals surface area contributed by atoms with Gasteiger partial charge in [-0.25, -0.2) is 0 Å². The number of carbonyl (C=O) groups is 1. The number of benzene rings is 1. The third-order valence-electron chi connectivity index (χ3n) is 2.82. The number of Topliss-reactive ketones (excluding diaryl/α,β-unsaturated/α-hetero) is 1. The summed E-state index contributed by atoms with van der Waals surface area (Å²) in [6.07, 6.45) is 0. The fourth-order valence-electron chi connectivity index (χ4n) is 1.79. The number of hydrogen-bond acceptors (Lipinski definition) is 4. The Hall–Kier alpha value is -2.10. The Morgan fingerprint density at radius 1 is 1.28 bits per heavy atom. The Labute approximate surface area is 106 Å². The van der Waals surface area contributed by atoms with E-state index in [0.717, 1.165) is 5.56 Å². The highest BCUT2D eigenvalue weighted by molar-refractivity contribution is 5.97. The number of oxazole rings is 1. The number of anilines is 1. The van der Waals surface area contributed by atoms with Gasteiger partial charge >= 0.3 is 0 Å². The predicted octanol–water partition coefficient (Wildman–Crippen LogP) is 3.25. The lowest BCUT2D eigenvalue weighted by atomic mass is 10.0. The van der Waals surface area contributed by atoms with Gasteiger partial charge in [0.1, 0.15) is 0 Å². The Morgan fingerprint density at radius 2 is 1.89 bits per heavy atom. The molecule has 0 saturated heterocycles. The largest absolute Gasteiger partial charge is 0.423 e. The van der Waals surface area contributed by atoms with Crippen molar-refractivity contribution in [3.05, 3.63) is 35.5 Å². The third kappa shape index (κ3) is 2.27. The first-order valence-electron chi connectivity index (χ1n) is 5.86. The predicted molar refractivity (Wildman–Crippen MR) is 70.4 cm³/mol. The van der Waals surface area contributed by atoms with Gasteiger partial charge in [0.05, 0.1) is 0 Å². The van der Waals surface area contributed by atoms with Crippen LogP contribution in [0.2, 0.25) is 0 Å². The van der Waals surface area contributed by atoms with Crippen LogP contribution in [0.25, 0.3) is 11.3 Å². The maximum Gasteiger partial charge on any atom is 0.293 e. The van der Waals surface area contributed by atoms with Gasteiger partial charge in [-0.15, -0.1) is 0 Å². The van der Waals surface area contributed by atoms with Crippen LogP contribution in [0.15, 0.2) is 28.7 Å². The van der Waals surface area contributed by atoms with Crippen molar-refractivity contribution in [3.63, 3.8) is 0 Å². The number of nitrogen functional groups attached to an aromatic ring is 1. The smallest absolute Gasteiger partial charge is 0.293 e. The van der Waals surface area contributed by atoms with Crippen LogP contribution < -0.4 is 5.73 Å². The van der Waals surface area contributed by atoms with E-state index in [1.807, 2.05) is 24.3 Å². The van der Waals surface area contributed by atoms with Gasteiger partial charge < -0.3 is 10.2 Å². The highest BCUT2D eigenvalue weighted by atomic mass is 16.4. The number of nitrogens with two attached hydrogens (primary N) is 1. The molecule has 4 heteroatoms. The van der Waals surface area contributed by atoms with Crippen molar-refractivity contribution in [3.8, 4) is 11.3 Å². The molecule has 1 heterocycles. The second-order valence-electron chi connectivity index (χ2n) is 4.56. The van der Waals surface area contributed by atoms with E-state index in [1.165, 1.54) is 12.5 Å². The highest BCUT2D eigenvalue weighted by Gasteiger charge is 2.17. The van der Waals surface area contributed by atoms with Gasteiger partial charge in [0.2, 0.25) is 0 Å². The van der Waals surface area contributed by atoms with E-state index < -0.39 is 0 Å². The molecule has 0 fully saturated rings. The number of rotatable bonds is 3. The quantitative estimate of drug-likeness (QED) is 0.841. The van der Waals surface area contributed by atoms with E-state index in [0.29, 0.717) is 11.7 Å². The van der Waals surface area contributed by atoms with E-state index in [-0.39, 0.29) is 17.5 Å². The van der Waals surface area contributed by atoms with Crippen molar-refractivity contribution >= 4 is 11.8 Å². The van der Waals surface area contributed by atoms with Gasteiger partial charge in [0, 0.05) is 12.5 Å². The standard InChI is InChI=1S/C14H16N2O2/c1-8(2)10-4-6-11(7-5-10)13-12(9(3)17)16-14(15)18-13/h4-8H,1-3H3,(H2,15,16). The molecule has 0 bridgehead atoms. The average Bonchev–Trinajstić information content (AvgIpc) is 2.71. The van der Waals surface area contributed by atoms with Gasteiger partial charge in [0.15, 0.2) is 17.2 Å². The maximum atomic E-state index is 11.4. The lowest BCUT2D eigenvalue weighted by molar-refractivity contribution is 0.101. The summed E-state index contributed by atoms with van der Waals surface area (Å²) in [5, 5.41) is 0. The normalized spacial score (nSPS) is 10.9. The summed E-state index contributed by atoms with van der Waals surface area (Å²) < 4.78 is 5.31. The van der Waals surface area contributed by atoms with Crippen LogP contribution in [0.5, 0.6) is 0 Å². The van der Waals surface area contributed by atoms with Crippen LogP contribution in [0.4, 0.5) is 6.01 Å². The number of nitrogens with zero attached hydrogens (tertiary/aromatic N) is 1. The Balaban J connectivity index is 2.45. The lowest BCUT2D eigenvalue weighted by Crippen LogP contribution is -1.96. The molecule has 0 radical (unpaired) electrons. The first-order chi connectivity index (χ1) is 8.49. The monoisotopic (exact) mass is 244 g/mol. The minimum atomic E-state index is -0.154. The molecule has 94 valence electrons. The average molecular weight is 244 g/mol. The summed E-state index contributed by atoms with van der Waals surface area (Å²) in [4.78, 5) is 15.4. The van der Waals surface area contributed by atoms with Crippen LogP contribution >= 0.6 is 0 Å². The van der Waals surface area contributed by atoms with Gasteiger partial charge in [-0.05, 0) is 11.5 Å². The Morgan fingerprint density at radius 3 is 2.39 bits per heavy atom. The third-order valence-corrected chi connectivity index (χ3v) is 2.82. The van der Waals surface area contributed by atoms with E-state index in [4.69, 9.17) is 10.2 Å². The van der Waals surface area contributed by atoms with Gasteiger partial charge in [-0.1, -0.05) is 38.1 Å².